The lowest BCUT2D eigenvalue weighted by molar-refractivity contribution is 0.194. The smallest absolute Gasteiger partial charge is 0.126 e. The van der Waals surface area contributed by atoms with Gasteiger partial charge in [-0.15, -0.1) is 0 Å². The van der Waals surface area contributed by atoms with E-state index in [0.29, 0.717) is 5.56 Å². The Hall–Kier alpha value is -1.74. The lowest BCUT2D eigenvalue weighted by Gasteiger charge is -2.09. The molecule has 0 aromatic heterocycles. The van der Waals surface area contributed by atoms with Crippen LogP contribution in [0.2, 0.25) is 0 Å². The summed E-state index contributed by atoms with van der Waals surface area (Å²) in [5.41, 5.74) is 2.10. The fraction of sp³-hybridized carbons (Fsp3) is 0.200. The second kappa shape index (κ2) is 5.27. The van der Waals surface area contributed by atoms with Gasteiger partial charge in [-0.25, -0.2) is 8.78 Å². The van der Waals surface area contributed by atoms with Crippen molar-refractivity contribution in [1.82, 2.24) is 0 Å². The number of halogens is 2. The average molecular weight is 248 g/mol. The average Bonchev–Trinajstić information content (AvgIpc) is 2.32. The summed E-state index contributed by atoms with van der Waals surface area (Å²) < 4.78 is 26.4. The van der Waals surface area contributed by atoms with Gasteiger partial charge in [0.2, 0.25) is 0 Å². The maximum Gasteiger partial charge on any atom is 0.126 e. The van der Waals surface area contributed by atoms with E-state index in [4.69, 9.17) is 0 Å². The summed E-state index contributed by atoms with van der Waals surface area (Å²) in [7, 11) is 0. The predicted octanol–water partition coefficient (Wildman–Crippen LogP) is 3.56. The van der Waals surface area contributed by atoms with Crippen LogP contribution >= 0.6 is 0 Å². The Labute approximate surface area is 105 Å². The summed E-state index contributed by atoms with van der Waals surface area (Å²) in [6.07, 6.45) is -0.330. The summed E-state index contributed by atoms with van der Waals surface area (Å²) in [5.74, 6) is -0.633. The van der Waals surface area contributed by atoms with Gasteiger partial charge in [-0.3, -0.25) is 0 Å². The zero-order valence-electron chi connectivity index (χ0n) is 10.0. The lowest BCUT2D eigenvalue weighted by atomic mass is 10.00. The van der Waals surface area contributed by atoms with Crippen LogP contribution in [-0.2, 0) is 6.42 Å². The van der Waals surface area contributed by atoms with E-state index < -0.39 is 6.10 Å². The van der Waals surface area contributed by atoms with Crippen molar-refractivity contribution < 1.29 is 13.9 Å². The third-order valence-corrected chi connectivity index (χ3v) is 2.74. The maximum atomic E-state index is 13.5. The molecule has 0 aliphatic carbocycles. The highest BCUT2D eigenvalue weighted by atomic mass is 19.1. The molecule has 2 rings (SSSR count). The molecule has 0 radical (unpaired) electrons. The van der Waals surface area contributed by atoms with Crippen molar-refractivity contribution in [2.24, 2.45) is 0 Å². The van der Waals surface area contributed by atoms with Gasteiger partial charge in [0.1, 0.15) is 11.6 Å². The molecule has 94 valence electrons. The van der Waals surface area contributed by atoms with E-state index in [0.717, 1.165) is 11.1 Å². The van der Waals surface area contributed by atoms with Crippen LogP contribution in [0.15, 0.2) is 42.5 Å². The first-order valence-electron chi connectivity index (χ1n) is 5.78. The minimum absolute atomic E-state index is 0.265. The van der Waals surface area contributed by atoms with Crippen LogP contribution in [0, 0.1) is 11.6 Å². The highest BCUT2D eigenvalue weighted by Gasteiger charge is 2.08. The minimum atomic E-state index is -0.594. The van der Waals surface area contributed by atoms with Gasteiger partial charge >= 0.3 is 0 Å². The topological polar surface area (TPSA) is 20.2 Å². The van der Waals surface area contributed by atoms with Crippen LogP contribution in [0.3, 0.4) is 0 Å². The van der Waals surface area contributed by atoms with Crippen LogP contribution in [0.1, 0.15) is 12.5 Å². The number of hydrogen-bond acceptors (Lipinski definition) is 1. The molecular weight excluding hydrogens is 234 g/mol. The van der Waals surface area contributed by atoms with Gasteiger partial charge in [0.15, 0.2) is 0 Å². The summed E-state index contributed by atoms with van der Waals surface area (Å²) in [5, 5.41) is 9.31. The molecule has 0 amide bonds. The minimum Gasteiger partial charge on any atom is -0.393 e. The molecule has 0 heterocycles. The highest BCUT2D eigenvalue weighted by molar-refractivity contribution is 5.64. The van der Waals surface area contributed by atoms with Crippen molar-refractivity contribution >= 4 is 0 Å². The summed E-state index contributed by atoms with van der Waals surface area (Å²) in [6, 6.07) is 10.7. The number of rotatable bonds is 3. The maximum absolute atomic E-state index is 13.5. The predicted molar refractivity (Wildman–Crippen MR) is 67.2 cm³/mol. The monoisotopic (exact) mass is 248 g/mol. The molecule has 0 aliphatic rings. The van der Waals surface area contributed by atoms with Gasteiger partial charge in [-0.1, -0.05) is 18.2 Å². The van der Waals surface area contributed by atoms with Gasteiger partial charge < -0.3 is 5.11 Å². The Morgan fingerprint density at radius 1 is 1.00 bits per heavy atom. The Kier molecular flexibility index (Phi) is 3.72. The molecule has 0 spiro atoms. The van der Waals surface area contributed by atoms with Gasteiger partial charge in [0.05, 0.1) is 6.10 Å². The highest BCUT2D eigenvalue weighted by Crippen LogP contribution is 2.23. The zero-order valence-corrected chi connectivity index (χ0v) is 10.0. The van der Waals surface area contributed by atoms with Crippen molar-refractivity contribution in [2.45, 2.75) is 19.4 Å². The lowest BCUT2D eigenvalue weighted by Crippen LogP contribution is -2.06. The molecule has 0 saturated carbocycles. The first kappa shape index (κ1) is 12.7. The second-order valence-electron chi connectivity index (χ2n) is 4.37. The van der Waals surface area contributed by atoms with Gasteiger partial charge in [-0.2, -0.15) is 0 Å². The van der Waals surface area contributed by atoms with Crippen LogP contribution in [0.5, 0.6) is 0 Å². The fourth-order valence-corrected chi connectivity index (χ4v) is 1.87. The number of aliphatic hydroxyl groups is 1. The van der Waals surface area contributed by atoms with E-state index >= 15 is 0 Å². The Morgan fingerprint density at radius 3 is 2.22 bits per heavy atom. The largest absolute Gasteiger partial charge is 0.393 e. The van der Waals surface area contributed by atoms with Gasteiger partial charge in [0.25, 0.3) is 0 Å². The fourth-order valence-electron chi connectivity index (χ4n) is 1.87. The first-order valence-corrected chi connectivity index (χ1v) is 5.78. The molecule has 0 fully saturated rings. The molecule has 2 aromatic rings. The SMILES string of the molecule is CC(O)Cc1cc(-c2ccc(F)cc2)ccc1F. The number of aliphatic hydroxyl groups excluding tert-OH is 1. The third-order valence-electron chi connectivity index (χ3n) is 2.74. The van der Waals surface area contributed by atoms with Crippen LogP contribution < -0.4 is 0 Å². The van der Waals surface area contributed by atoms with Crippen molar-refractivity contribution in [3.63, 3.8) is 0 Å². The molecule has 2 aromatic carbocycles. The molecule has 0 saturated heterocycles. The summed E-state index contributed by atoms with van der Waals surface area (Å²) >= 11 is 0. The van der Waals surface area contributed by atoms with Crippen molar-refractivity contribution in [3.05, 3.63) is 59.7 Å². The Balaban J connectivity index is 2.37. The normalized spacial score (nSPS) is 12.4. The summed E-state index contributed by atoms with van der Waals surface area (Å²) in [4.78, 5) is 0. The molecule has 1 unspecified atom stereocenters. The first-order chi connectivity index (χ1) is 8.56. The van der Waals surface area contributed by atoms with Crippen molar-refractivity contribution in [1.29, 1.82) is 0 Å². The Morgan fingerprint density at radius 2 is 1.61 bits per heavy atom. The summed E-state index contributed by atoms with van der Waals surface area (Å²) in [6.45, 7) is 1.62. The standard InChI is InChI=1S/C15H14F2O/c1-10(18)8-13-9-12(4-7-15(13)17)11-2-5-14(16)6-3-11/h2-7,9-10,18H,8H2,1H3. The van der Waals surface area contributed by atoms with Crippen molar-refractivity contribution in [3.8, 4) is 11.1 Å². The molecular formula is C15H14F2O. The molecule has 18 heavy (non-hydrogen) atoms. The van der Waals surface area contributed by atoms with E-state index in [-0.39, 0.29) is 18.1 Å². The molecule has 1 atom stereocenters. The number of benzene rings is 2. The van der Waals surface area contributed by atoms with Crippen LogP contribution in [0.25, 0.3) is 11.1 Å². The molecule has 1 nitrogen and oxygen atoms in total. The molecule has 1 N–H and O–H groups in total. The van der Waals surface area contributed by atoms with Crippen LogP contribution in [0.4, 0.5) is 8.78 Å². The van der Waals surface area contributed by atoms with E-state index in [1.54, 1.807) is 31.2 Å². The van der Waals surface area contributed by atoms with Crippen LogP contribution in [-0.4, -0.2) is 11.2 Å². The zero-order chi connectivity index (χ0) is 13.1. The van der Waals surface area contributed by atoms with E-state index in [2.05, 4.69) is 0 Å². The molecule has 0 aliphatic heterocycles. The molecule has 3 heteroatoms. The van der Waals surface area contributed by atoms with Gasteiger partial charge in [-0.05, 0) is 47.9 Å². The van der Waals surface area contributed by atoms with E-state index in [1.165, 1.54) is 18.2 Å². The second-order valence-corrected chi connectivity index (χ2v) is 4.37. The van der Waals surface area contributed by atoms with E-state index in [1.807, 2.05) is 0 Å². The molecule has 0 bridgehead atoms. The third kappa shape index (κ3) is 2.93. The number of hydrogen-bond donors (Lipinski definition) is 1. The van der Waals surface area contributed by atoms with Gasteiger partial charge in [0, 0.05) is 6.42 Å². The Bertz CT molecular complexity index is 533. The quantitative estimate of drug-likeness (QED) is 0.880. The van der Waals surface area contributed by atoms with Crippen molar-refractivity contribution in [2.75, 3.05) is 0 Å². The van der Waals surface area contributed by atoms with E-state index in [9.17, 15) is 13.9 Å².